The molecule has 0 spiro atoms. The first-order valence-electron chi connectivity index (χ1n) is 17.2. The van der Waals surface area contributed by atoms with Gasteiger partial charge in [0.2, 0.25) is 5.88 Å². The molecule has 302 valence electrons. The number of nitrogens with zero attached hydrogens (tertiary/aromatic N) is 4. The molecule has 2 saturated carbocycles. The summed E-state index contributed by atoms with van der Waals surface area (Å²) in [6, 6.07) is 5.63. The molecule has 0 radical (unpaired) electrons. The van der Waals surface area contributed by atoms with Gasteiger partial charge in [0.1, 0.15) is 29.5 Å². The van der Waals surface area contributed by atoms with Crippen LogP contribution >= 0.6 is 7.82 Å². The van der Waals surface area contributed by atoms with E-state index in [0.717, 1.165) is 28.3 Å². The first-order chi connectivity index (χ1) is 25.4. The number of esters is 1. The lowest BCUT2D eigenvalue weighted by Gasteiger charge is -2.29. The van der Waals surface area contributed by atoms with Crippen molar-refractivity contribution in [1.82, 2.24) is 24.9 Å². The Balaban J connectivity index is 1.35. The summed E-state index contributed by atoms with van der Waals surface area (Å²) >= 11 is 0. The summed E-state index contributed by atoms with van der Waals surface area (Å²) in [6.45, 7) is 6.39. The fraction of sp³-hybridized carbons (Fsp3) is 0.559. The first kappa shape index (κ1) is 41.5. The van der Waals surface area contributed by atoms with Gasteiger partial charge in [0, 0.05) is 41.6 Å². The van der Waals surface area contributed by atoms with E-state index in [2.05, 4.69) is 25.6 Å². The van der Waals surface area contributed by atoms with Gasteiger partial charge >= 0.3 is 26.1 Å². The maximum absolute atomic E-state index is 15.2. The molecule has 0 saturated heterocycles. The molecule has 2 fully saturated rings. The van der Waals surface area contributed by atoms with Crippen molar-refractivity contribution in [2.75, 3.05) is 11.9 Å². The quantitative estimate of drug-likeness (QED) is 0.0890. The minimum absolute atomic E-state index is 0.0306. The van der Waals surface area contributed by atoms with E-state index >= 15 is 4.39 Å². The van der Waals surface area contributed by atoms with E-state index in [1.807, 2.05) is 6.92 Å². The first-order valence-corrected chi connectivity index (χ1v) is 18.7. The van der Waals surface area contributed by atoms with E-state index < -0.39 is 74.8 Å². The van der Waals surface area contributed by atoms with Crippen molar-refractivity contribution in [3.8, 4) is 11.6 Å². The SMILES string of the molecule is Cc1cc(C)c(C(C)(C)CC(=O)OCn2nc([C@H]3C[C@@H](F)[C@@H](OC(=O)NC4(C)CC4)C3)cc2NC(=O)c2cc(OCC(F)(F)F)nn2C)c(OP(=O)(O)O)c1. The number of anilines is 1. The Morgan fingerprint density at radius 2 is 1.76 bits per heavy atom. The lowest BCUT2D eigenvalue weighted by atomic mass is 9.78. The lowest BCUT2D eigenvalue weighted by Crippen LogP contribution is -2.38. The summed E-state index contributed by atoms with van der Waals surface area (Å²) in [7, 11) is -3.65. The molecule has 0 aliphatic heterocycles. The summed E-state index contributed by atoms with van der Waals surface area (Å²) < 4.78 is 87.7. The van der Waals surface area contributed by atoms with Crippen LogP contribution in [0.2, 0.25) is 0 Å². The van der Waals surface area contributed by atoms with E-state index in [-0.39, 0.29) is 47.8 Å². The van der Waals surface area contributed by atoms with E-state index in [9.17, 15) is 41.9 Å². The highest BCUT2D eigenvalue weighted by Gasteiger charge is 2.43. The summed E-state index contributed by atoms with van der Waals surface area (Å²) in [6.07, 6.45) is -6.75. The molecule has 2 amide bonds. The topological polar surface area (TPSA) is 205 Å². The van der Waals surface area contributed by atoms with Crippen molar-refractivity contribution < 1.29 is 65.0 Å². The number of alkyl halides is 4. The zero-order valence-corrected chi connectivity index (χ0v) is 31.8. The van der Waals surface area contributed by atoms with Crippen LogP contribution in [0.1, 0.15) is 91.7 Å². The number of carbonyl (C=O) groups is 3. The number of hydrogen-bond donors (Lipinski definition) is 4. The Bertz CT molecular complexity index is 1990. The standard InChI is InChI=1S/C34H43F4N6O10P/c1-18-9-19(2)29(25(10-18)54-55(48,49)50)32(3,4)15-28(45)52-17-44-26(39-30(46)23-14-27(42-43(23)6)51-16-34(36,37)38)13-22(41-44)20-11-21(35)24(12-20)53-31(47)40-33(5)7-8-33/h9-10,13-14,20-21,24H,7-8,11-12,15-17H2,1-6H3,(H,39,46)(H,40,47)(H2,48,49,50)/t20-,21+,24-/m0/s1. The Labute approximate surface area is 313 Å². The fourth-order valence-corrected chi connectivity index (χ4v) is 6.96. The maximum Gasteiger partial charge on any atom is 0.524 e. The average molecular weight is 803 g/mol. The molecule has 3 aromatic rings. The molecule has 4 N–H and O–H groups in total. The highest BCUT2D eigenvalue weighted by atomic mass is 31.2. The van der Waals surface area contributed by atoms with Crippen molar-refractivity contribution in [2.24, 2.45) is 7.05 Å². The highest BCUT2D eigenvalue weighted by molar-refractivity contribution is 7.46. The van der Waals surface area contributed by atoms with Crippen LogP contribution in [0.25, 0.3) is 0 Å². The van der Waals surface area contributed by atoms with Crippen LogP contribution in [-0.4, -0.2) is 77.9 Å². The van der Waals surface area contributed by atoms with Gasteiger partial charge < -0.3 is 29.4 Å². The zero-order chi connectivity index (χ0) is 40.7. The summed E-state index contributed by atoms with van der Waals surface area (Å²) in [5, 5.41) is 13.6. The predicted molar refractivity (Wildman–Crippen MR) is 185 cm³/mol. The number of alkyl carbamates (subject to hydrolysis) is 1. The Kier molecular flexibility index (Phi) is 11.7. The second-order valence-electron chi connectivity index (χ2n) is 14.9. The van der Waals surface area contributed by atoms with Gasteiger partial charge in [0.15, 0.2) is 13.3 Å². The molecule has 21 heteroatoms. The number of rotatable bonds is 14. The number of aromatic nitrogens is 4. The Morgan fingerprint density at radius 3 is 2.40 bits per heavy atom. The molecule has 2 heterocycles. The van der Waals surface area contributed by atoms with Crippen LogP contribution in [0.4, 0.5) is 28.2 Å². The third-order valence-corrected chi connectivity index (χ3v) is 9.73. The van der Waals surface area contributed by atoms with Crippen LogP contribution in [0.15, 0.2) is 24.3 Å². The van der Waals surface area contributed by atoms with E-state index in [1.165, 1.54) is 19.2 Å². The molecule has 0 bridgehead atoms. The molecule has 2 aliphatic rings. The Morgan fingerprint density at radius 1 is 1.07 bits per heavy atom. The van der Waals surface area contributed by atoms with Crippen molar-refractivity contribution in [1.29, 1.82) is 0 Å². The van der Waals surface area contributed by atoms with Crippen LogP contribution in [-0.2, 0) is 38.0 Å². The van der Waals surface area contributed by atoms with Crippen molar-refractivity contribution >= 4 is 31.6 Å². The van der Waals surface area contributed by atoms with Gasteiger partial charge in [-0.25, -0.2) is 18.4 Å². The number of halogens is 4. The van der Waals surface area contributed by atoms with Gasteiger partial charge in [-0.05, 0) is 63.6 Å². The van der Waals surface area contributed by atoms with Gasteiger partial charge in [-0.2, -0.15) is 18.3 Å². The smallest absolute Gasteiger partial charge is 0.467 e. The second-order valence-corrected chi connectivity index (χ2v) is 16.0. The fourth-order valence-electron chi connectivity index (χ4n) is 6.56. The molecule has 5 rings (SSSR count). The number of hydrogen-bond acceptors (Lipinski definition) is 10. The molecule has 1 aromatic carbocycles. The van der Waals surface area contributed by atoms with E-state index in [0.29, 0.717) is 16.7 Å². The zero-order valence-electron chi connectivity index (χ0n) is 30.9. The molecule has 0 unspecified atom stereocenters. The normalized spacial score (nSPS) is 19.5. The van der Waals surface area contributed by atoms with Gasteiger partial charge in [-0.3, -0.25) is 24.1 Å². The molecule has 16 nitrogen and oxygen atoms in total. The van der Waals surface area contributed by atoms with Crippen molar-refractivity contribution in [2.45, 2.75) is 109 Å². The Hall–Kier alpha value is -4.68. The summed E-state index contributed by atoms with van der Waals surface area (Å²) in [5.74, 6) is -2.79. The molecule has 55 heavy (non-hydrogen) atoms. The molecule has 2 aliphatic carbocycles. The number of carbonyl (C=O) groups excluding carboxylic acids is 3. The maximum atomic E-state index is 15.2. The molecule has 2 aromatic heterocycles. The number of phosphoric ester groups is 1. The summed E-state index contributed by atoms with van der Waals surface area (Å²) in [5.41, 5.74) is 0.254. The number of nitrogens with one attached hydrogen (secondary N) is 2. The summed E-state index contributed by atoms with van der Waals surface area (Å²) in [4.78, 5) is 58.1. The second kappa shape index (κ2) is 15.5. The van der Waals surface area contributed by atoms with Crippen LogP contribution in [0.5, 0.6) is 11.6 Å². The molecular formula is C34H43F4N6O10P. The molecular weight excluding hydrogens is 759 g/mol. The predicted octanol–water partition coefficient (Wildman–Crippen LogP) is 5.63. The number of aryl methyl sites for hydroxylation is 3. The lowest BCUT2D eigenvalue weighted by molar-refractivity contribution is -0.154. The van der Waals surface area contributed by atoms with E-state index in [4.69, 9.17) is 14.0 Å². The van der Waals surface area contributed by atoms with Crippen LogP contribution in [0.3, 0.4) is 0 Å². The third-order valence-electron chi connectivity index (χ3n) is 9.30. The third kappa shape index (κ3) is 11.0. The highest BCUT2D eigenvalue weighted by Crippen LogP contribution is 2.45. The van der Waals surface area contributed by atoms with Crippen molar-refractivity contribution in [3.63, 3.8) is 0 Å². The minimum Gasteiger partial charge on any atom is -0.467 e. The molecule has 3 atom stereocenters. The number of benzene rings is 1. The van der Waals surface area contributed by atoms with Crippen LogP contribution < -0.4 is 19.9 Å². The van der Waals surface area contributed by atoms with Gasteiger partial charge in [-0.1, -0.05) is 19.9 Å². The van der Waals surface area contributed by atoms with E-state index in [1.54, 1.807) is 33.8 Å². The van der Waals surface area contributed by atoms with Gasteiger partial charge in [-0.15, -0.1) is 5.10 Å². The van der Waals surface area contributed by atoms with Gasteiger partial charge in [0.25, 0.3) is 5.91 Å². The largest absolute Gasteiger partial charge is 0.524 e. The number of amides is 2. The van der Waals surface area contributed by atoms with Crippen molar-refractivity contribution in [3.05, 3.63) is 52.3 Å². The van der Waals surface area contributed by atoms with Gasteiger partial charge in [0.05, 0.1) is 12.1 Å². The number of ether oxygens (including phenoxy) is 3. The average Bonchev–Trinajstić information content (AvgIpc) is 3.30. The monoisotopic (exact) mass is 802 g/mol. The number of phosphoric acid groups is 1. The minimum atomic E-state index is -4.96. The van der Waals surface area contributed by atoms with Crippen LogP contribution in [0, 0.1) is 13.8 Å².